The van der Waals surface area contributed by atoms with Crippen LogP contribution in [0.5, 0.6) is 0 Å². The van der Waals surface area contributed by atoms with Gasteiger partial charge in [-0.1, -0.05) is 0 Å². The van der Waals surface area contributed by atoms with Gasteiger partial charge in [0, 0.05) is 20.1 Å². The van der Waals surface area contributed by atoms with Crippen LogP contribution >= 0.6 is 0 Å². The minimum atomic E-state index is -1.10. The van der Waals surface area contributed by atoms with Gasteiger partial charge < -0.3 is 14.9 Å². The van der Waals surface area contributed by atoms with E-state index in [1.54, 1.807) is 7.05 Å². The lowest BCUT2D eigenvalue weighted by Gasteiger charge is -2.22. The van der Waals surface area contributed by atoms with Gasteiger partial charge in [-0.25, -0.2) is 0 Å². The summed E-state index contributed by atoms with van der Waals surface area (Å²) in [5.41, 5.74) is -1.10. The average molecular weight is 214 g/mol. The molecule has 0 aromatic heterocycles. The van der Waals surface area contributed by atoms with Crippen molar-refractivity contribution in [2.45, 2.75) is 12.8 Å². The molecular weight excluding hydrogens is 196 g/mol. The van der Waals surface area contributed by atoms with Gasteiger partial charge in [-0.15, -0.1) is 0 Å². The van der Waals surface area contributed by atoms with Crippen molar-refractivity contribution in [2.75, 3.05) is 34.2 Å². The quantitative estimate of drug-likeness (QED) is 0.648. The second-order valence-corrected chi connectivity index (χ2v) is 4.42. The molecule has 1 aliphatic rings. The van der Waals surface area contributed by atoms with Crippen LogP contribution in [0.4, 0.5) is 0 Å². The van der Waals surface area contributed by atoms with E-state index in [-0.39, 0.29) is 5.91 Å². The van der Waals surface area contributed by atoms with E-state index < -0.39 is 11.4 Å². The predicted octanol–water partition coefficient (Wildman–Crippen LogP) is -0.129. The molecule has 5 heteroatoms. The van der Waals surface area contributed by atoms with Crippen LogP contribution in [0.2, 0.25) is 0 Å². The van der Waals surface area contributed by atoms with Gasteiger partial charge in [0.15, 0.2) is 0 Å². The predicted molar refractivity (Wildman–Crippen MR) is 55.5 cm³/mol. The highest BCUT2D eigenvalue weighted by atomic mass is 16.4. The van der Waals surface area contributed by atoms with Crippen LogP contribution in [0.15, 0.2) is 0 Å². The van der Waals surface area contributed by atoms with Crippen molar-refractivity contribution in [3.63, 3.8) is 0 Å². The Balaban J connectivity index is 2.50. The zero-order valence-electron chi connectivity index (χ0n) is 9.49. The van der Waals surface area contributed by atoms with Crippen molar-refractivity contribution in [3.05, 3.63) is 0 Å². The summed E-state index contributed by atoms with van der Waals surface area (Å²) in [7, 11) is 5.50. The molecule has 0 heterocycles. The number of carboxylic acids is 1. The normalized spacial score (nSPS) is 17.6. The van der Waals surface area contributed by atoms with E-state index in [0.717, 1.165) is 6.54 Å². The zero-order chi connectivity index (χ0) is 11.6. The standard InChI is InChI=1S/C10H18N2O3/c1-11(2)6-7-12(3)8(13)10(4-5-10)9(14)15/h4-7H2,1-3H3,(H,14,15). The summed E-state index contributed by atoms with van der Waals surface area (Å²) in [6.45, 7) is 1.32. The maximum absolute atomic E-state index is 11.8. The van der Waals surface area contributed by atoms with Crippen LogP contribution in [0.1, 0.15) is 12.8 Å². The molecule has 86 valence electrons. The van der Waals surface area contributed by atoms with Gasteiger partial charge >= 0.3 is 5.97 Å². The fourth-order valence-corrected chi connectivity index (χ4v) is 1.46. The van der Waals surface area contributed by atoms with Crippen molar-refractivity contribution in [1.82, 2.24) is 9.80 Å². The Morgan fingerprint density at radius 1 is 1.20 bits per heavy atom. The number of carbonyl (C=O) groups is 2. The molecule has 0 aromatic carbocycles. The molecule has 0 bridgehead atoms. The highest BCUT2D eigenvalue weighted by Gasteiger charge is 2.58. The summed E-state index contributed by atoms with van der Waals surface area (Å²) >= 11 is 0. The molecule has 1 saturated carbocycles. The Hall–Kier alpha value is -1.10. The Labute approximate surface area is 89.7 Å². The molecule has 5 nitrogen and oxygen atoms in total. The Kier molecular flexibility index (Phi) is 3.34. The summed E-state index contributed by atoms with van der Waals surface area (Å²) < 4.78 is 0. The van der Waals surface area contributed by atoms with Gasteiger partial charge in [-0.3, -0.25) is 9.59 Å². The fraction of sp³-hybridized carbons (Fsp3) is 0.800. The zero-order valence-corrected chi connectivity index (χ0v) is 9.49. The minimum absolute atomic E-state index is 0.253. The van der Waals surface area contributed by atoms with Gasteiger partial charge in [-0.05, 0) is 26.9 Å². The second kappa shape index (κ2) is 4.18. The lowest BCUT2D eigenvalue weighted by Crippen LogP contribution is -2.41. The van der Waals surface area contributed by atoms with Crippen molar-refractivity contribution in [2.24, 2.45) is 5.41 Å². The summed E-state index contributed by atoms with van der Waals surface area (Å²) in [4.78, 5) is 26.2. The van der Waals surface area contributed by atoms with Crippen LogP contribution in [0.25, 0.3) is 0 Å². The number of aliphatic carboxylic acids is 1. The lowest BCUT2D eigenvalue weighted by atomic mass is 10.1. The molecule has 15 heavy (non-hydrogen) atoms. The van der Waals surface area contributed by atoms with Crippen molar-refractivity contribution >= 4 is 11.9 Å². The molecule has 0 aromatic rings. The number of likely N-dealkylation sites (N-methyl/N-ethyl adjacent to an activating group) is 2. The molecular formula is C10H18N2O3. The van der Waals surface area contributed by atoms with Gasteiger partial charge in [0.2, 0.25) is 5.91 Å². The average Bonchev–Trinajstić information content (AvgIpc) is 2.93. The third-order valence-electron chi connectivity index (χ3n) is 2.80. The first-order valence-corrected chi connectivity index (χ1v) is 5.04. The van der Waals surface area contributed by atoms with Gasteiger partial charge in [0.1, 0.15) is 5.41 Å². The first kappa shape index (κ1) is 12.0. The van der Waals surface area contributed by atoms with E-state index in [9.17, 15) is 9.59 Å². The first-order valence-electron chi connectivity index (χ1n) is 5.04. The highest BCUT2D eigenvalue weighted by Crippen LogP contribution is 2.47. The Bertz CT molecular complexity index is 272. The van der Waals surface area contributed by atoms with Crippen LogP contribution in [-0.2, 0) is 9.59 Å². The van der Waals surface area contributed by atoms with Crippen LogP contribution < -0.4 is 0 Å². The van der Waals surface area contributed by atoms with Crippen LogP contribution in [0, 0.1) is 5.41 Å². The number of hydrogen-bond donors (Lipinski definition) is 1. The molecule has 0 spiro atoms. The van der Waals surface area contributed by atoms with Gasteiger partial charge in [0.05, 0.1) is 0 Å². The maximum Gasteiger partial charge on any atom is 0.319 e. The molecule has 0 radical (unpaired) electrons. The van der Waals surface area contributed by atoms with E-state index in [2.05, 4.69) is 0 Å². The number of hydrogen-bond acceptors (Lipinski definition) is 3. The number of amides is 1. The molecule has 0 atom stereocenters. The molecule has 0 unspecified atom stereocenters. The summed E-state index contributed by atoms with van der Waals surface area (Å²) in [5.74, 6) is -1.24. The molecule has 1 fully saturated rings. The van der Waals surface area contributed by atoms with Crippen molar-refractivity contribution in [3.8, 4) is 0 Å². The van der Waals surface area contributed by atoms with Crippen molar-refractivity contribution < 1.29 is 14.7 Å². The third-order valence-corrected chi connectivity index (χ3v) is 2.80. The third kappa shape index (κ3) is 2.47. The number of rotatable bonds is 5. The molecule has 0 aliphatic heterocycles. The van der Waals surface area contributed by atoms with E-state index in [4.69, 9.17) is 5.11 Å². The minimum Gasteiger partial charge on any atom is -0.480 e. The lowest BCUT2D eigenvalue weighted by molar-refractivity contribution is -0.152. The molecule has 1 N–H and O–H groups in total. The van der Waals surface area contributed by atoms with E-state index >= 15 is 0 Å². The monoisotopic (exact) mass is 214 g/mol. The largest absolute Gasteiger partial charge is 0.480 e. The summed E-state index contributed by atoms with van der Waals surface area (Å²) in [5, 5.41) is 8.94. The number of carboxylic acid groups (broad SMARTS) is 1. The SMILES string of the molecule is CN(C)CCN(C)C(=O)C1(C(=O)O)CC1. The summed E-state index contributed by atoms with van der Waals surface area (Å²) in [6.07, 6.45) is 0.959. The number of nitrogens with zero attached hydrogens (tertiary/aromatic N) is 2. The maximum atomic E-state index is 11.8. The fourth-order valence-electron chi connectivity index (χ4n) is 1.46. The van der Waals surface area contributed by atoms with Crippen LogP contribution in [-0.4, -0.2) is 61.0 Å². The van der Waals surface area contributed by atoms with E-state index in [1.165, 1.54) is 4.90 Å². The van der Waals surface area contributed by atoms with Gasteiger partial charge in [-0.2, -0.15) is 0 Å². The number of carbonyl (C=O) groups excluding carboxylic acids is 1. The first-order chi connectivity index (χ1) is 6.90. The molecule has 0 saturated heterocycles. The smallest absolute Gasteiger partial charge is 0.319 e. The molecule has 1 aliphatic carbocycles. The highest BCUT2D eigenvalue weighted by molar-refractivity contribution is 6.04. The van der Waals surface area contributed by atoms with E-state index in [1.807, 2.05) is 19.0 Å². The molecule has 1 amide bonds. The molecule has 1 rings (SSSR count). The van der Waals surface area contributed by atoms with Crippen molar-refractivity contribution in [1.29, 1.82) is 0 Å². The van der Waals surface area contributed by atoms with E-state index in [0.29, 0.717) is 19.4 Å². The topological polar surface area (TPSA) is 60.9 Å². The van der Waals surface area contributed by atoms with Crippen LogP contribution in [0.3, 0.4) is 0 Å². The Morgan fingerprint density at radius 3 is 2.07 bits per heavy atom. The Morgan fingerprint density at radius 2 is 1.73 bits per heavy atom. The second-order valence-electron chi connectivity index (χ2n) is 4.42. The summed E-state index contributed by atoms with van der Waals surface area (Å²) in [6, 6.07) is 0. The van der Waals surface area contributed by atoms with Gasteiger partial charge in [0.25, 0.3) is 0 Å².